The summed E-state index contributed by atoms with van der Waals surface area (Å²) in [5, 5.41) is 7.56. The van der Waals surface area contributed by atoms with E-state index in [1.54, 1.807) is 6.92 Å². The molecule has 0 aromatic carbocycles. The number of carbonyl (C=O) groups is 4. The summed E-state index contributed by atoms with van der Waals surface area (Å²) in [6.07, 6.45) is 23.6. The number of nitrogens with zero attached hydrogens (tertiary/aromatic N) is 6. The van der Waals surface area contributed by atoms with Crippen LogP contribution in [0.5, 0.6) is 0 Å². The Morgan fingerprint density at radius 3 is 2.37 bits per heavy atom. The van der Waals surface area contributed by atoms with Gasteiger partial charge in [-0.25, -0.2) is 19.0 Å². The van der Waals surface area contributed by atoms with Gasteiger partial charge in [0.2, 0.25) is 5.91 Å². The number of aromatic nitrogens is 5. The third-order valence-corrected chi connectivity index (χ3v) is 8.14. The summed E-state index contributed by atoms with van der Waals surface area (Å²) < 4.78 is 7.40. The molecule has 2 aromatic rings. The van der Waals surface area contributed by atoms with Crippen LogP contribution in [0.3, 0.4) is 0 Å². The predicted octanol–water partition coefficient (Wildman–Crippen LogP) is 6.06. The van der Waals surface area contributed by atoms with Crippen molar-refractivity contribution >= 4 is 29.3 Å². The maximum atomic E-state index is 13.5. The third-order valence-electron chi connectivity index (χ3n) is 8.14. The minimum Gasteiger partial charge on any atom is -0.444 e. The first-order valence-corrected chi connectivity index (χ1v) is 16.5. The second-order valence-corrected chi connectivity index (χ2v) is 11.8. The Hall–Kier alpha value is -4.22. The van der Waals surface area contributed by atoms with E-state index in [-0.39, 0.29) is 36.1 Å². The average Bonchev–Trinajstić information content (AvgIpc) is 3.49. The second-order valence-electron chi connectivity index (χ2n) is 11.8. The van der Waals surface area contributed by atoms with Gasteiger partial charge >= 0.3 is 11.8 Å². The zero-order valence-electron chi connectivity index (χ0n) is 27.5. The minimum atomic E-state index is -1.12. The standard InChI is InChI=1S/C34H48N6O6/c1-4-5-6-7-8-9-10-11-12-13-14-15-16-17-18-19-29(42)40(34(45)46-24-27-20-22-28(23-21-27)26(2)41)32(43)30-31-36-37-38(3)33(44)39(31)25-35-30/h8-9,11-12,20,25,28H,4-7,10,13-19,21-24H2,1-3H3/b9-8-,12-11-/t28-/m1/s1. The fourth-order valence-electron chi connectivity index (χ4n) is 5.24. The molecule has 12 nitrogen and oxygen atoms in total. The van der Waals surface area contributed by atoms with Gasteiger partial charge in [-0.1, -0.05) is 74.6 Å². The molecule has 2 aromatic heterocycles. The summed E-state index contributed by atoms with van der Waals surface area (Å²) in [5.74, 6) is -1.68. The molecule has 1 atom stereocenters. The molecule has 0 bridgehead atoms. The lowest BCUT2D eigenvalue weighted by molar-refractivity contribution is -0.127. The fourth-order valence-corrected chi connectivity index (χ4v) is 5.24. The number of imidazole rings is 1. The number of hydrogen-bond acceptors (Lipinski definition) is 9. The summed E-state index contributed by atoms with van der Waals surface area (Å²) in [4.78, 5) is 68.5. The van der Waals surface area contributed by atoms with Crippen LogP contribution in [0.4, 0.5) is 4.79 Å². The number of imide groups is 3. The van der Waals surface area contributed by atoms with Crippen molar-refractivity contribution in [2.75, 3.05) is 6.61 Å². The minimum absolute atomic E-state index is 0.0342. The van der Waals surface area contributed by atoms with Gasteiger partial charge in [0.1, 0.15) is 18.7 Å². The lowest BCUT2D eigenvalue weighted by atomic mass is 9.87. The quantitative estimate of drug-likeness (QED) is 0.141. The zero-order valence-corrected chi connectivity index (χ0v) is 27.5. The number of ketones is 1. The molecule has 1 aliphatic carbocycles. The van der Waals surface area contributed by atoms with Crippen LogP contribution < -0.4 is 5.69 Å². The molecule has 2 heterocycles. The Morgan fingerprint density at radius 1 is 1.00 bits per heavy atom. The van der Waals surface area contributed by atoms with Crippen molar-refractivity contribution in [3.63, 3.8) is 0 Å². The Kier molecular flexibility index (Phi) is 15.2. The molecule has 1 aliphatic rings. The lowest BCUT2D eigenvalue weighted by Gasteiger charge is -2.21. The zero-order chi connectivity index (χ0) is 33.3. The molecular weight excluding hydrogens is 588 g/mol. The van der Waals surface area contributed by atoms with Gasteiger partial charge in [0.25, 0.3) is 5.91 Å². The first kappa shape index (κ1) is 36.3. The second kappa shape index (κ2) is 19.3. The van der Waals surface area contributed by atoms with Crippen molar-refractivity contribution in [3.05, 3.63) is 58.5 Å². The molecule has 0 saturated heterocycles. The first-order valence-electron chi connectivity index (χ1n) is 16.5. The molecule has 0 spiro atoms. The largest absolute Gasteiger partial charge is 0.444 e. The van der Waals surface area contributed by atoms with Gasteiger partial charge in [-0.15, -0.1) is 5.10 Å². The van der Waals surface area contributed by atoms with Gasteiger partial charge in [0.15, 0.2) is 11.3 Å². The maximum Gasteiger partial charge on any atom is 0.424 e. The summed E-state index contributed by atoms with van der Waals surface area (Å²) in [6.45, 7) is 3.67. The van der Waals surface area contributed by atoms with Gasteiger partial charge < -0.3 is 4.74 Å². The van der Waals surface area contributed by atoms with Crippen molar-refractivity contribution in [1.82, 2.24) is 29.3 Å². The molecule has 3 rings (SSSR count). The number of hydrogen-bond donors (Lipinski definition) is 0. The molecule has 250 valence electrons. The van der Waals surface area contributed by atoms with E-state index in [1.807, 2.05) is 6.08 Å². The molecule has 0 radical (unpaired) electrons. The van der Waals surface area contributed by atoms with E-state index in [0.29, 0.717) is 30.6 Å². The van der Waals surface area contributed by atoms with E-state index in [4.69, 9.17) is 4.74 Å². The number of rotatable bonds is 18. The van der Waals surface area contributed by atoms with Gasteiger partial charge in [-0.2, -0.15) is 9.58 Å². The van der Waals surface area contributed by atoms with Crippen molar-refractivity contribution in [2.45, 2.75) is 110 Å². The molecule has 12 heteroatoms. The Bertz CT molecular complexity index is 1490. The molecule has 0 fully saturated rings. The van der Waals surface area contributed by atoms with Crippen molar-refractivity contribution in [2.24, 2.45) is 13.0 Å². The van der Waals surface area contributed by atoms with Gasteiger partial charge in [0, 0.05) is 19.4 Å². The van der Waals surface area contributed by atoms with Gasteiger partial charge in [-0.3, -0.25) is 14.4 Å². The number of fused-ring (bicyclic) bond motifs is 1. The first-order chi connectivity index (χ1) is 22.2. The van der Waals surface area contributed by atoms with Crippen LogP contribution >= 0.6 is 0 Å². The van der Waals surface area contributed by atoms with Crippen LogP contribution in [0.25, 0.3) is 5.65 Å². The Balaban J connectivity index is 1.53. The Morgan fingerprint density at radius 2 is 1.70 bits per heavy atom. The molecule has 0 unspecified atom stereocenters. The van der Waals surface area contributed by atoms with Crippen molar-refractivity contribution in [1.29, 1.82) is 0 Å². The van der Waals surface area contributed by atoms with Gasteiger partial charge in [0.05, 0.1) is 0 Å². The average molecular weight is 637 g/mol. The van der Waals surface area contributed by atoms with Crippen LogP contribution in [0.2, 0.25) is 0 Å². The van der Waals surface area contributed by atoms with E-state index < -0.39 is 23.6 Å². The highest BCUT2D eigenvalue weighted by Crippen LogP contribution is 2.24. The SMILES string of the molecule is CCCCC/C=C\C/C=C\CCCCCCCC(=O)N(C(=O)OCC1=CC[C@@H](C(C)=O)CC1)C(=O)c1ncn2c(=O)n(C)nnc12. The monoisotopic (exact) mass is 636 g/mol. The Labute approximate surface area is 270 Å². The number of unbranched alkanes of at least 4 members (excludes halogenated alkanes) is 8. The number of carbonyl (C=O) groups excluding carboxylic acids is 4. The topological polar surface area (TPSA) is 146 Å². The number of amides is 3. The van der Waals surface area contributed by atoms with Crippen LogP contribution in [0.15, 0.2) is 47.1 Å². The van der Waals surface area contributed by atoms with Crippen LogP contribution in [-0.4, -0.2) is 59.6 Å². The maximum absolute atomic E-state index is 13.5. The third kappa shape index (κ3) is 11.0. The van der Waals surface area contributed by atoms with Crippen molar-refractivity contribution in [3.8, 4) is 0 Å². The highest BCUT2D eigenvalue weighted by molar-refractivity contribution is 6.16. The highest BCUT2D eigenvalue weighted by Gasteiger charge is 2.34. The number of allylic oxidation sites excluding steroid dienone is 5. The predicted molar refractivity (Wildman–Crippen MR) is 174 cm³/mol. The molecule has 0 aliphatic heterocycles. The van der Waals surface area contributed by atoms with Crippen molar-refractivity contribution < 1.29 is 23.9 Å². The lowest BCUT2D eigenvalue weighted by Crippen LogP contribution is -2.43. The highest BCUT2D eigenvalue weighted by atomic mass is 16.6. The van der Waals surface area contributed by atoms with Crippen LogP contribution in [0, 0.1) is 5.92 Å². The normalized spacial score (nSPS) is 15.0. The van der Waals surface area contributed by atoms with E-state index in [1.165, 1.54) is 26.3 Å². The molecule has 0 N–H and O–H groups in total. The molecule has 46 heavy (non-hydrogen) atoms. The fraction of sp³-hybridized carbons (Fsp3) is 0.588. The number of ether oxygens (including phenoxy) is 1. The van der Waals surface area contributed by atoms with E-state index in [0.717, 1.165) is 65.9 Å². The molecular formula is C34H48N6O6. The van der Waals surface area contributed by atoms with Gasteiger partial charge in [-0.05, 0) is 70.3 Å². The smallest absolute Gasteiger partial charge is 0.424 e. The van der Waals surface area contributed by atoms with E-state index in [2.05, 4.69) is 46.5 Å². The van der Waals surface area contributed by atoms with Crippen LogP contribution in [-0.2, 0) is 21.4 Å². The summed E-state index contributed by atoms with van der Waals surface area (Å²) >= 11 is 0. The van der Waals surface area contributed by atoms with E-state index >= 15 is 0 Å². The molecule has 0 saturated carbocycles. The number of Topliss-reactive ketones (excluding diaryl/α,β-unsaturated/α-hetero) is 1. The summed E-state index contributed by atoms with van der Waals surface area (Å²) in [5.41, 5.74) is -0.283. The van der Waals surface area contributed by atoms with E-state index in [9.17, 15) is 24.0 Å². The number of aryl methyl sites for hydroxylation is 1. The molecule has 3 amide bonds. The summed E-state index contributed by atoms with van der Waals surface area (Å²) in [6, 6.07) is 0. The van der Waals surface area contributed by atoms with Crippen LogP contribution in [0.1, 0.15) is 121 Å². The summed E-state index contributed by atoms with van der Waals surface area (Å²) in [7, 11) is 1.40.